The number of carbonyl (C=O) groups excluding carboxylic acids is 1. The fourth-order valence-corrected chi connectivity index (χ4v) is 5.61. The first-order valence-corrected chi connectivity index (χ1v) is 13.7. The van der Waals surface area contributed by atoms with E-state index in [-0.39, 0.29) is 5.91 Å². The van der Waals surface area contributed by atoms with Crippen molar-refractivity contribution in [2.24, 2.45) is 0 Å². The molecular weight excluding hydrogens is 466 g/mol. The summed E-state index contributed by atoms with van der Waals surface area (Å²) < 4.78 is 0. The maximum Gasteiger partial charge on any atom is 0.224 e. The normalized spacial score (nSPS) is 17.4. The Hall–Kier alpha value is -2.66. The molecule has 1 amide bonds. The predicted molar refractivity (Wildman–Crippen MR) is 149 cm³/mol. The lowest BCUT2D eigenvalue weighted by molar-refractivity contribution is -0.116. The topological polar surface area (TPSA) is 35.6 Å². The highest BCUT2D eigenvalue weighted by Crippen LogP contribution is 2.24. The Morgan fingerprint density at radius 1 is 0.778 bits per heavy atom. The number of hydrogen-bond donors (Lipinski definition) is 1. The summed E-state index contributed by atoms with van der Waals surface area (Å²) in [6.07, 6.45) is 6.59. The number of benzene rings is 3. The zero-order valence-electron chi connectivity index (χ0n) is 21.0. The molecule has 0 spiro atoms. The van der Waals surface area contributed by atoms with E-state index in [0.29, 0.717) is 6.42 Å². The molecule has 0 unspecified atom stereocenters. The lowest BCUT2D eigenvalue weighted by atomic mass is 10.0. The van der Waals surface area contributed by atoms with Gasteiger partial charge in [-0.15, -0.1) is 0 Å². The van der Waals surface area contributed by atoms with Crippen molar-refractivity contribution in [3.05, 3.63) is 88.9 Å². The Balaban J connectivity index is 1.04. The van der Waals surface area contributed by atoms with Gasteiger partial charge in [-0.1, -0.05) is 60.1 Å². The van der Waals surface area contributed by atoms with Crippen molar-refractivity contribution in [1.29, 1.82) is 0 Å². The van der Waals surface area contributed by atoms with Crippen molar-refractivity contribution in [3.8, 4) is 11.1 Å². The molecule has 188 valence electrons. The molecule has 2 aliphatic rings. The number of aryl methyl sites for hydroxylation is 1. The van der Waals surface area contributed by atoms with Crippen molar-refractivity contribution in [3.63, 3.8) is 0 Å². The van der Waals surface area contributed by atoms with Crippen LogP contribution in [-0.4, -0.2) is 47.9 Å². The van der Waals surface area contributed by atoms with Crippen LogP contribution < -0.4 is 5.32 Å². The van der Waals surface area contributed by atoms with Crippen molar-refractivity contribution in [2.45, 2.75) is 51.1 Å². The van der Waals surface area contributed by atoms with Gasteiger partial charge in [-0.05, 0) is 105 Å². The molecule has 2 saturated heterocycles. The minimum absolute atomic E-state index is 0.0409. The summed E-state index contributed by atoms with van der Waals surface area (Å²) in [5.74, 6) is 0.0409. The molecule has 5 rings (SSSR count). The minimum atomic E-state index is 0.0409. The number of amides is 1. The highest BCUT2D eigenvalue weighted by molar-refractivity contribution is 6.30. The lowest BCUT2D eigenvalue weighted by Crippen LogP contribution is -2.43. The van der Waals surface area contributed by atoms with Crippen LogP contribution in [0, 0.1) is 0 Å². The number of halogens is 1. The van der Waals surface area contributed by atoms with Gasteiger partial charge in [-0.3, -0.25) is 9.69 Å². The first-order valence-electron chi connectivity index (χ1n) is 13.3. The van der Waals surface area contributed by atoms with E-state index in [0.717, 1.165) is 40.8 Å². The molecule has 5 heteroatoms. The summed E-state index contributed by atoms with van der Waals surface area (Å²) in [4.78, 5) is 17.8. The smallest absolute Gasteiger partial charge is 0.224 e. The largest absolute Gasteiger partial charge is 0.326 e. The molecule has 0 aromatic heterocycles. The van der Waals surface area contributed by atoms with Crippen molar-refractivity contribution in [2.75, 3.05) is 31.5 Å². The molecule has 2 aliphatic heterocycles. The standard InChI is InChI=1S/C31H36ClN3O/c32-28-12-8-26(9-13-28)27-10-14-29(15-11-27)33-31(36)16-7-24-3-5-25(6-4-24)23-34-21-17-30(18-22-34)35-19-1-2-20-35/h3-6,8-15,30H,1-2,7,16-23H2,(H,33,36). The minimum Gasteiger partial charge on any atom is -0.326 e. The maximum absolute atomic E-state index is 12.5. The van der Waals surface area contributed by atoms with E-state index >= 15 is 0 Å². The van der Waals surface area contributed by atoms with Crippen LogP contribution in [0.15, 0.2) is 72.8 Å². The summed E-state index contributed by atoms with van der Waals surface area (Å²) in [7, 11) is 0. The van der Waals surface area contributed by atoms with E-state index < -0.39 is 0 Å². The Bertz CT molecular complexity index is 1110. The van der Waals surface area contributed by atoms with Crippen LogP contribution in [0.4, 0.5) is 5.69 Å². The van der Waals surface area contributed by atoms with Crippen LogP contribution in [0.5, 0.6) is 0 Å². The predicted octanol–water partition coefficient (Wildman–Crippen LogP) is 6.64. The zero-order valence-corrected chi connectivity index (χ0v) is 21.7. The van der Waals surface area contributed by atoms with E-state index in [1.807, 2.05) is 48.5 Å². The second kappa shape index (κ2) is 12.1. The van der Waals surface area contributed by atoms with Gasteiger partial charge < -0.3 is 10.2 Å². The Morgan fingerprint density at radius 3 is 2.00 bits per heavy atom. The third-order valence-corrected chi connectivity index (χ3v) is 7.88. The highest BCUT2D eigenvalue weighted by atomic mass is 35.5. The quantitative estimate of drug-likeness (QED) is 0.376. The monoisotopic (exact) mass is 501 g/mol. The molecule has 4 nitrogen and oxygen atoms in total. The number of nitrogens with one attached hydrogen (secondary N) is 1. The van der Waals surface area contributed by atoms with E-state index in [4.69, 9.17) is 11.6 Å². The average Bonchev–Trinajstić information content (AvgIpc) is 3.45. The lowest BCUT2D eigenvalue weighted by Gasteiger charge is -2.36. The van der Waals surface area contributed by atoms with E-state index in [1.54, 1.807) is 0 Å². The van der Waals surface area contributed by atoms with Gasteiger partial charge in [-0.25, -0.2) is 0 Å². The van der Waals surface area contributed by atoms with Gasteiger partial charge in [0.15, 0.2) is 0 Å². The van der Waals surface area contributed by atoms with Crippen molar-refractivity contribution >= 4 is 23.2 Å². The summed E-state index contributed by atoms with van der Waals surface area (Å²) in [5.41, 5.74) is 5.60. The number of likely N-dealkylation sites (tertiary alicyclic amines) is 2. The number of carbonyl (C=O) groups is 1. The van der Waals surface area contributed by atoms with Crippen LogP contribution >= 0.6 is 11.6 Å². The van der Waals surface area contributed by atoms with E-state index in [1.165, 1.54) is 63.0 Å². The van der Waals surface area contributed by atoms with Gasteiger partial charge in [-0.2, -0.15) is 0 Å². The Labute approximate surface area is 220 Å². The molecule has 3 aromatic rings. The fraction of sp³-hybridized carbons (Fsp3) is 0.387. The van der Waals surface area contributed by atoms with Crippen molar-refractivity contribution < 1.29 is 4.79 Å². The average molecular weight is 502 g/mol. The first kappa shape index (κ1) is 25.0. The fourth-order valence-electron chi connectivity index (χ4n) is 5.49. The highest BCUT2D eigenvalue weighted by Gasteiger charge is 2.26. The number of piperidine rings is 1. The number of rotatable bonds is 8. The van der Waals surface area contributed by atoms with Gasteiger partial charge in [0.1, 0.15) is 0 Å². The van der Waals surface area contributed by atoms with Crippen LogP contribution in [0.3, 0.4) is 0 Å². The van der Waals surface area contributed by atoms with Crippen molar-refractivity contribution in [1.82, 2.24) is 9.80 Å². The maximum atomic E-state index is 12.5. The number of nitrogens with zero attached hydrogens (tertiary/aromatic N) is 2. The van der Waals surface area contributed by atoms with Gasteiger partial charge >= 0.3 is 0 Å². The molecule has 1 N–H and O–H groups in total. The first-order chi connectivity index (χ1) is 17.6. The molecule has 2 heterocycles. The molecule has 0 atom stereocenters. The zero-order chi connectivity index (χ0) is 24.7. The molecule has 36 heavy (non-hydrogen) atoms. The second-order valence-corrected chi connectivity index (χ2v) is 10.6. The summed E-state index contributed by atoms with van der Waals surface area (Å²) in [6.45, 7) is 6.04. The van der Waals surface area contributed by atoms with Crippen LogP contribution in [0.1, 0.15) is 43.2 Å². The SMILES string of the molecule is O=C(CCc1ccc(CN2CCC(N3CCCC3)CC2)cc1)Nc1ccc(-c2ccc(Cl)cc2)cc1. The number of anilines is 1. The molecule has 3 aromatic carbocycles. The molecule has 0 bridgehead atoms. The molecular formula is C31H36ClN3O. The third kappa shape index (κ3) is 6.76. The van der Waals surface area contributed by atoms with Gasteiger partial charge in [0.05, 0.1) is 0 Å². The second-order valence-electron chi connectivity index (χ2n) is 10.2. The van der Waals surface area contributed by atoms with Crippen LogP contribution in [0.2, 0.25) is 5.02 Å². The van der Waals surface area contributed by atoms with E-state index in [2.05, 4.69) is 39.4 Å². The van der Waals surface area contributed by atoms with Crippen LogP contribution in [-0.2, 0) is 17.8 Å². The van der Waals surface area contributed by atoms with E-state index in [9.17, 15) is 4.79 Å². The summed E-state index contributed by atoms with van der Waals surface area (Å²) in [6, 6.07) is 25.3. The number of hydrogen-bond acceptors (Lipinski definition) is 3. The Kier molecular flexibility index (Phi) is 8.37. The molecule has 0 radical (unpaired) electrons. The Morgan fingerprint density at radius 2 is 1.36 bits per heavy atom. The van der Waals surface area contributed by atoms with Gasteiger partial charge in [0.2, 0.25) is 5.91 Å². The molecule has 0 aliphatic carbocycles. The van der Waals surface area contributed by atoms with Gasteiger partial charge in [0, 0.05) is 29.7 Å². The molecule has 2 fully saturated rings. The molecule has 0 saturated carbocycles. The summed E-state index contributed by atoms with van der Waals surface area (Å²) in [5, 5.41) is 3.75. The van der Waals surface area contributed by atoms with Gasteiger partial charge in [0.25, 0.3) is 0 Å². The summed E-state index contributed by atoms with van der Waals surface area (Å²) >= 11 is 5.98. The van der Waals surface area contributed by atoms with Crippen LogP contribution in [0.25, 0.3) is 11.1 Å². The third-order valence-electron chi connectivity index (χ3n) is 7.63.